The Kier molecular flexibility index (Phi) is 3.06. The van der Waals surface area contributed by atoms with Crippen molar-refractivity contribution in [1.29, 1.82) is 0 Å². The Bertz CT molecular complexity index is 1180. The van der Waals surface area contributed by atoms with Crippen LogP contribution < -0.4 is 0 Å². The number of halogens is 1. The molecule has 0 aliphatic carbocycles. The molecule has 0 saturated carbocycles. The highest BCUT2D eigenvalue weighted by atomic mass is 35.5. The number of amides is 4. The lowest BCUT2D eigenvalue weighted by Crippen LogP contribution is -2.54. The normalized spacial score (nSPS) is 15.7. The standard InChI is InChI=1S/C20H9ClN2O4/c21-15-9-8-14-16-12(15)6-3-7-13(16)19(26)23(20(14)27)22-17(24)10-4-1-2-5-11(10)18(22)25/h1-9H. The smallest absolute Gasteiger partial charge is 0.267 e. The summed E-state index contributed by atoms with van der Waals surface area (Å²) in [4.78, 5) is 51.6. The summed E-state index contributed by atoms with van der Waals surface area (Å²) >= 11 is 6.19. The molecule has 0 bridgehead atoms. The van der Waals surface area contributed by atoms with E-state index in [1.807, 2.05) is 0 Å². The van der Waals surface area contributed by atoms with Crippen molar-refractivity contribution in [3.63, 3.8) is 0 Å². The summed E-state index contributed by atoms with van der Waals surface area (Å²) in [7, 11) is 0. The van der Waals surface area contributed by atoms with E-state index in [1.54, 1.807) is 36.4 Å². The second-order valence-electron chi connectivity index (χ2n) is 6.21. The van der Waals surface area contributed by atoms with E-state index in [9.17, 15) is 19.2 Å². The van der Waals surface area contributed by atoms with E-state index in [0.717, 1.165) is 0 Å². The molecule has 3 aromatic carbocycles. The van der Waals surface area contributed by atoms with Crippen molar-refractivity contribution < 1.29 is 19.2 Å². The van der Waals surface area contributed by atoms with Gasteiger partial charge in [-0.3, -0.25) is 19.2 Å². The third kappa shape index (κ3) is 1.90. The average Bonchev–Trinajstić information content (AvgIpc) is 2.93. The van der Waals surface area contributed by atoms with Gasteiger partial charge in [-0.15, -0.1) is 0 Å². The zero-order valence-corrected chi connectivity index (χ0v) is 14.4. The zero-order valence-electron chi connectivity index (χ0n) is 13.6. The number of imide groups is 2. The van der Waals surface area contributed by atoms with E-state index in [4.69, 9.17) is 11.6 Å². The highest BCUT2D eigenvalue weighted by Gasteiger charge is 2.46. The monoisotopic (exact) mass is 376 g/mol. The number of hydrazine groups is 1. The molecular formula is C20H9ClN2O4. The number of hydrogen-bond donors (Lipinski definition) is 0. The molecule has 2 aliphatic heterocycles. The van der Waals surface area contributed by atoms with Gasteiger partial charge < -0.3 is 0 Å². The van der Waals surface area contributed by atoms with Crippen LogP contribution in [0.1, 0.15) is 41.4 Å². The molecule has 5 rings (SSSR count). The van der Waals surface area contributed by atoms with Crippen LogP contribution in [0.4, 0.5) is 0 Å². The van der Waals surface area contributed by atoms with Crippen LogP contribution >= 0.6 is 11.6 Å². The Morgan fingerprint density at radius 3 is 1.63 bits per heavy atom. The maximum atomic E-state index is 13.1. The fourth-order valence-electron chi connectivity index (χ4n) is 3.59. The summed E-state index contributed by atoms with van der Waals surface area (Å²) < 4.78 is 0. The predicted molar refractivity (Wildman–Crippen MR) is 96.4 cm³/mol. The van der Waals surface area contributed by atoms with E-state index >= 15 is 0 Å². The molecule has 0 radical (unpaired) electrons. The molecule has 0 saturated heterocycles. The van der Waals surface area contributed by atoms with Crippen molar-refractivity contribution >= 4 is 46.0 Å². The van der Waals surface area contributed by atoms with Crippen LogP contribution in [0.25, 0.3) is 10.8 Å². The second-order valence-corrected chi connectivity index (χ2v) is 6.62. The predicted octanol–water partition coefficient (Wildman–Crippen LogP) is 3.30. The molecule has 0 fully saturated rings. The largest absolute Gasteiger partial charge is 0.281 e. The minimum Gasteiger partial charge on any atom is -0.267 e. The van der Waals surface area contributed by atoms with Gasteiger partial charge in [0.1, 0.15) is 0 Å². The third-order valence-electron chi connectivity index (χ3n) is 4.81. The molecule has 6 nitrogen and oxygen atoms in total. The Hall–Kier alpha value is -3.51. The highest BCUT2D eigenvalue weighted by Crippen LogP contribution is 2.36. The van der Waals surface area contributed by atoms with E-state index in [0.29, 0.717) is 25.8 Å². The van der Waals surface area contributed by atoms with Gasteiger partial charge >= 0.3 is 0 Å². The van der Waals surface area contributed by atoms with Gasteiger partial charge in [0.2, 0.25) is 0 Å². The van der Waals surface area contributed by atoms with Crippen molar-refractivity contribution in [3.05, 3.63) is 81.9 Å². The molecule has 0 unspecified atom stereocenters. The van der Waals surface area contributed by atoms with Gasteiger partial charge in [0, 0.05) is 15.8 Å². The molecule has 0 atom stereocenters. The van der Waals surface area contributed by atoms with Gasteiger partial charge in [-0.2, -0.15) is 10.0 Å². The number of carbonyl (C=O) groups excluding carboxylic acids is 4. The molecule has 3 aromatic rings. The molecule has 0 N–H and O–H groups in total. The minimum absolute atomic E-state index is 0.156. The third-order valence-corrected chi connectivity index (χ3v) is 5.14. The van der Waals surface area contributed by atoms with Crippen LogP contribution in [0.5, 0.6) is 0 Å². The van der Waals surface area contributed by atoms with E-state index in [-0.39, 0.29) is 22.3 Å². The summed E-state index contributed by atoms with van der Waals surface area (Å²) in [5, 5.41) is 2.63. The number of nitrogens with zero attached hydrogens (tertiary/aromatic N) is 2. The molecule has 4 amide bonds. The second kappa shape index (κ2) is 5.25. The van der Waals surface area contributed by atoms with Crippen LogP contribution in [-0.4, -0.2) is 33.6 Å². The number of benzene rings is 3. The first-order chi connectivity index (χ1) is 13.0. The van der Waals surface area contributed by atoms with E-state index in [2.05, 4.69) is 0 Å². The molecule has 0 spiro atoms. The van der Waals surface area contributed by atoms with Crippen LogP contribution in [0, 0.1) is 0 Å². The highest BCUT2D eigenvalue weighted by molar-refractivity contribution is 6.38. The molecule has 2 heterocycles. The molecule has 2 aliphatic rings. The first-order valence-electron chi connectivity index (χ1n) is 8.08. The summed E-state index contributed by atoms with van der Waals surface area (Å²) in [6, 6.07) is 14.2. The van der Waals surface area contributed by atoms with Crippen LogP contribution in [0.15, 0.2) is 54.6 Å². The number of hydrogen-bond acceptors (Lipinski definition) is 4. The first-order valence-corrected chi connectivity index (χ1v) is 8.46. The quantitative estimate of drug-likeness (QED) is 0.611. The molecular weight excluding hydrogens is 368 g/mol. The molecule has 130 valence electrons. The maximum absolute atomic E-state index is 13.1. The lowest BCUT2D eigenvalue weighted by molar-refractivity contribution is 0.00523. The Labute approximate surface area is 157 Å². The zero-order chi connectivity index (χ0) is 18.9. The lowest BCUT2D eigenvalue weighted by atomic mass is 9.95. The topological polar surface area (TPSA) is 74.8 Å². The SMILES string of the molecule is O=C1c2ccccc2C(=O)N1N1C(=O)c2cccc3c(Cl)ccc(c23)C1=O. The van der Waals surface area contributed by atoms with Crippen LogP contribution in [0.2, 0.25) is 5.02 Å². The Balaban J connectivity index is 1.72. The van der Waals surface area contributed by atoms with Crippen molar-refractivity contribution in [2.24, 2.45) is 0 Å². The van der Waals surface area contributed by atoms with Gasteiger partial charge in [-0.05, 0) is 30.3 Å². The van der Waals surface area contributed by atoms with Crippen LogP contribution in [0.3, 0.4) is 0 Å². The molecule has 0 aromatic heterocycles. The average molecular weight is 377 g/mol. The number of fused-ring (bicyclic) bond motifs is 1. The van der Waals surface area contributed by atoms with Crippen molar-refractivity contribution in [2.75, 3.05) is 0 Å². The molecule has 7 heteroatoms. The Morgan fingerprint density at radius 2 is 1.04 bits per heavy atom. The Morgan fingerprint density at radius 1 is 0.556 bits per heavy atom. The first kappa shape index (κ1) is 15.7. The van der Waals surface area contributed by atoms with E-state index in [1.165, 1.54) is 18.2 Å². The van der Waals surface area contributed by atoms with Gasteiger partial charge in [-0.1, -0.05) is 35.9 Å². The van der Waals surface area contributed by atoms with Crippen molar-refractivity contribution in [3.8, 4) is 0 Å². The fraction of sp³-hybridized carbons (Fsp3) is 0. The van der Waals surface area contributed by atoms with Gasteiger partial charge in [0.25, 0.3) is 23.6 Å². The van der Waals surface area contributed by atoms with Gasteiger partial charge in [-0.25, -0.2) is 0 Å². The summed E-state index contributed by atoms with van der Waals surface area (Å²) in [6.45, 7) is 0. The van der Waals surface area contributed by atoms with Crippen molar-refractivity contribution in [1.82, 2.24) is 10.0 Å². The summed E-state index contributed by atoms with van der Waals surface area (Å²) in [6.07, 6.45) is 0. The van der Waals surface area contributed by atoms with Crippen molar-refractivity contribution in [2.45, 2.75) is 0 Å². The van der Waals surface area contributed by atoms with E-state index < -0.39 is 23.6 Å². The number of rotatable bonds is 1. The van der Waals surface area contributed by atoms with Crippen LogP contribution in [-0.2, 0) is 0 Å². The number of carbonyl (C=O) groups is 4. The minimum atomic E-state index is -0.741. The van der Waals surface area contributed by atoms with Gasteiger partial charge in [0.05, 0.1) is 22.3 Å². The van der Waals surface area contributed by atoms with Gasteiger partial charge in [0.15, 0.2) is 0 Å². The summed E-state index contributed by atoms with van der Waals surface area (Å²) in [5.74, 6) is -2.89. The molecule has 27 heavy (non-hydrogen) atoms. The summed E-state index contributed by atoms with van der Waals surface area (Å²) in [5.41, 5.74) is 0.730. The lowest BCUT2D eigenvalue weighted by Gasteiger charge is -2.32. The maximum Gasteiger partial charge on any atom is 0.281 e. The fourth-order valence-corrected chi connectivity index (χ4v) is 3.81.